The fourth-order valence-electron chi connectivity index (χ4n) is 2.66. The van der Waals surface area contributed by atoms with Gasteiger partial charge in [0.15, 0.2) is 5.78 Å². The van der Waals surface area contributed by atoms with Gasteiger partial charge in [-0.25, -0.2) is 0 Å². The molecule has 0 heterocycles. The van der Waals surface area contributed by atoms with Gasteiger partial charge in [0.25, 0.3) is 0 Å². The average molecular weight is 231 g/mol. The summed E-state index contributed by atoms with van der Waals surface area (Å²) >= 11 is 0. The standard InChI is InChI=1S/C15H21NO/c1-10-8-14(12(3)17)11(2)15(9-10)16-13-6-4-5-7-13/h8-9,13,16H,4-7H2,1-3H3. The van der Waals surface area contributed by atoms with Gasteiger partial charge in [-0.1, -0.05) is 12.8 Å². The summed E-state index contributed by atoms with van der Waals surface area (Å²) in [6.45, 7) is 5.72. The summed E-state index contributed by atoms with van der Waals surface area (Å²) in [6.07, 6.45) is 5.15. The van der Waals surface area contributed by atoms with Crippen molar-refractivity contribution >= 4 is 11.5 Å². The monoisotopic (exact) mass is 231 g/mol. The van der Waals surface area contributed by atoms with E-state index in [2.05, 4.69) is 11.4 Å². The van der Waals surface area contributed by atoms with Crippen LogP contribution in [0, 0.1) is 13.8 Å². The van der Waals surface area contributed by atoms with Crippen molar-refractivity contribution < 1.29 is 4.79 Å². The molecule has 92 valence electrons. The van der Waals surface area contributed by atoms with Crippen molar-refractivity contribution in [3.8, 4) is 0 Å². The third-order valence-electron chi connectivity index (χ3n) is 3.65. The lowest BCUT2D eigenvalue weighted by atomic mass is 10.00. The first kappa shape index (κ1) is 12.2. The number of aryl methyl sites for hydroxylation is 1. The number of benzene rings is 1. The van der Waals surface area contributed by atoms with Crippen molar-refractivity contribution in [2.24, 2.45) is 0 Å². The van der Waals surface area contributed by atoms with Gasteiger partial charge in [0.05, 0.1) is 0 Å². The number of Topliss-reactive ketones (excluding diaryl/α,β-unsaturated/α-hetero) is 1. The van der Waals surface area contributed by atoms with E-state index in [-0.39, 0.29) is 5.78 Å². The molecular formula is C15H21NO. The Hall–Kier alpha value is -1.31. The number of hydrogen-bond acceptors (Lipinski definition) is 2. The largest absolute Gasteiger partial charge is 0.382 e. The normalized spacial score (nSPS) is 16.2. The van der Waals surface area contributed by atoms with Crippen molar-refractivity contribution in [1.29, 1.82) is 0 Å². The summed E-state index contributed by atoms with van der Waals surface area (Å²) < 4.78 is 0. The lowest BCUT2D eigenvalue weighted by Crippen LogP contribution is -2.16. The van der Waals surface area contributed by atoms with Crippen molar-refractivity contribution in [2.75, 3.05) is 5.32 Å². The van der Waals surface area contributed by atoms with Gasteiger partial charge >= 0.3 is 0 Å². The van der Waals surface area contributed by atoms with Crippen LogP contribution in [0.25, 0.3) is 0 Å². The Morgan fingerprint density at radius 1 is 1.24 bits per heavy atom. The molecule has 1 N–H and O–H groups in total. The zero-order chi connectivity index (χ0) is 12.4. The fraction of sp³-hybridized carbons (Fsp3) is 0.533. The van der Waals surface area contributed by atoms with Gasteiger partial charge in [0.2, 0.25) is 0 Å². The Labute approximate surface area is 103 Å². The number of rotatable bonds is 3. The van der Waals surface area contributed by atoms with Crippen LogP contribution in [0.4, 0.5) is 5.69 Å². The predicted octanol–water partition coefficient (Wildman–Crippen LogP) is 3.86. The second-order valence-electron chi connectivity index (χ2n) is 5.17. The molecule has 0 amide bonds. The minimum Gasteiger partial charge on any atom is -0.382 e. The first-order chi connectivity index (χ1) is 8.08. The van der Waals surface area contributed by atoms with Gasteiger partial charge in [0, 0.05) is 17.3 Å². The van der Waals surface area contributed by atoms with Gasteiger partial charge in [0.1, 0.15) is 0 Å². The summed E-state index contributed by atoms with van der Waals surface area (Å²) in [5.41, 5.74) is 4.24. The van der Waals surface area contributed by atoms with E-state index in [0.717, 1.165) is 22.4 Å². The van der Waals surface area contributed by atoms with E-state index < -0.39 is 0 Å². The molecule has 1 fully saturated rings. The third-order valence-corrected chi connectivity index (χ3v) is 3.65. The Bertz CT molecular complexity index is 431. The molecule has 2 nitrogen and oxygen atoms in total. The molecule has 0 unspecified atom stereocenters. The van der Waals surface area contributed by atoms with E-state index in [1.54, 1.807) is 6.92 Å². The number of nitrogens with one attached hydrogen (secondary N) is 1. The van der Waals surface area contributed by atoms with Gasteiger partial charge < -0.3 is 5.32 Å². The highest BCUT2D eigenvalue weighted by Gasteiger charge is 2.17. The Balaban J connectivity index is 2.29. The van der Waals surface area contributed by atoms with Crippen LogP contribution in [0.1, 0.15) is 54.1 Å². The molecule has 0 bridgehead atoms. The van der Waals surface area contributed by atoms with Gasteiger partial charge in [-0.05, 0) is 56.9 Å². The Kier molecular flexibility index (Phi) is 3.51. The van der Waals surface area contributed by atoms with Crippen LogP contribution in [0.5, 0.6) is 0 Å². The van der Waals surface area contributed by atoms with Crippen molar-refractivity contribution in [3.63, 3.8) is 0 Å². The molecular weight excluding hydrogens is 210 g/mol. The predicted molar refractivity (Wildman–Crippen MR) is 71.8 cm³/mol. The maximum Gasteiger partial charge on any atom is 0.160 e. The minimum absolute atomic E-state index is 0.153. The molecule has 1 aromatic carbocycles. The van der Waals surface area contributed by atoms with Crippen LogP contribution in [0.15, 0.2) is 12.1 Å². The zero-order valence-electron chi connectivity index (χ0n) is 11.0. The van der Waals surface area contributed by atoms with E-state index >= 15 is 0 Å². The van der Waals surface area contributed by atoms with Crippen molar-refractivity contribution in [1.82, 2.24) is 0 Å². The quantitative estimate of drug-likeness (QED) is 0.800. The second kappa shape index (κ2) is 4.91. The van der Waals surface area contributed by atoms with Gasteiger partial charge in [-0.15, -0.1) is 0 Å². The molecule has 0 saturated heterocycles. The van der Waals surface area contributed by atoms with E-state index in [1.807, 2.05) is 19.9 Å². The molecule has 0 aromatic heterocycles. The second-order valence-corrected chi connectivity index (χ2v) is 5.17. The topological polar surface area (TPSA) is 29.1 Å². The highest BCUT2D eigenvalue weighted by atomic mass is 16.1. The number of hydrogen-bond donors (Lipinski definition) is 1. The molecule has 0 spiro atoms. The van der Waals surface area contributed by atoms with E-state index in [4.69, 9.17) is 0 Å². The Morgan fingerprint density at radius 3 is 2.47 bits per heavy atom. The Morgan fingerprint density at radius 2 is 1.88 bits per heavy atom. The SMILES string of the molecule is CC(=O)c1cc(C)cc(NC2CCCC2)c1C. The van der Waals surface area contributed by atoms with E-state index in [0.29, 0.717) is 6.04 Å². The molecule has 1 aliphatic rings. The van der Waals surface area contributed by atoms with Crippen molar-refractivity contribution in [2.45, 2.75) is 52.5 Å². The van der Waals surface area contributed by atoms with E-state index in [1.165, 1.54) is 25.7 Å². The fourth-order valence-corrected chi connectivity index (χ4v) is 2.66. The van der Waals surface area contributed by atoms with Crippen LogP contribution in [-0.2, 0) is 0 Å². The van der Waals surface area contributed by atoms with Crippen LogP contribution < -0.4 is 5.32 Å². The average Bonchev–Trinajstić information content (AvgIpc) is 2.75. The number of ketones is 1. The summed E-state index contributed by atoms with van der Waals surface area (Å²) in [5.74, 6) is 0.153. The van der Waals surface area contributed by atoms with E-state index in [9.17, 15) is 4.79 Å². The number of carbonyl (C=O) groups is 1. The zero-order valence-corrected chi connectivity index (χ0v) is 11.0. The molecule has 0 aliphatic heterocycles. The summed E-state index contributed by atoms with van der Waals surface area (Å²) in [7, 11) is 0. The first-order valence-electron chi connectivity index (χ1n) is 6.46. The number of anilines is 1. The third kappa shape index (κ3) is 2.68. The highest BCUT2D eigenvalue weighted by Crippen LogP contribution is 2.27. The van der Waals surface area contributed by atoms with Crippen LogP contribution in [0.2, 0.25) is 0 Å². The summed E-state index contributed by atoms with van der Waals surface area (Å²) in [5, 5.41) is 3.59. The molecule has 1 aliphatic carbocycles. The molecule has 1 saturated carbocycles. The molecule has 1 aromatic rings. The van der Waals surface area contributed by atoms with Crippen LogP contribution in [0.3, 0.4) is 0 Å². The van der Waals surface area contributed by atoms with Gasteiger partial charge in [-0.3, -0.25) is 4.79 Å². The lowest BCUT2D eigenvalue weighted by Gasteiger charge is -2.18. The maximum absolute atomic E-state index is 11.6. The maximum atomic E-state index is 11.6. The van der Waals surface area contributed by atoms with Crippen LogP contribution in [-0.4, -0.2) is 11.8 Å². The number of carbonyl (C=O) groups excluding carboxylic acids is 1. The molecule has 17 heavy (non-hydrogen) atoms. The summed E-state index contributed by atoms with van der Waals surface area (Å²) in [6, 6.07) is 4.73. The molecule has 2 rings (SSSR count). The summed E-state index contributed by atoms with van der Waals surface area (Å²) in [4.78, 5) is 11.6. The smallest absolute Gasteiger partial charge is 0.160 e. The van der Waals surface area contributed by atoms with Crippen molar-refractivity contribution in [3.05, 3.63) is 28.8 Å². The van der Waals surface area contributed by atoms with Gasteiger partial charge in [-0.2, -0.15) is 0 Å². The molecule has 0 atom stereocenters. The molecule has 0 radical (unpaired) electrons. The minimum atomic E-state index is 0.153. The lowest BCUT2D eigenvalue weighted by molar-refractivity contribution is 0.101. The van der Waals surface area contributed by atoms with Crippen LogP contribution >= 0.6 is 0 Å². The molecule has 2 heteroatoms. The first-order valence-corrected chi connectivity index (χ1v) is 6.46. The highest BCUT2D eigenvalue weighted by molar-refractivity contribution is 5.97.